The van der Waals surface area contributed by atoms with Gasteiger partial charge in [-0.05, 0) is 48.9 Å². The van der Waals surface area contributed by atoms with Crippen LogP contribution >= 0.6 is 0 Å². The SMILES string of the molecule is COc1cc(NC(C(=O)c2c[nH]c3cc(F)c(C)cc23)c2ccc(F)cc2OC)cc(S(C)(=O)=O)c1. The van der Waals surface area contributed by atoms with Crippen molar-refractivity contribution in [3.8, 4) is 11.5 Å². The van der Waals surface area contributed by atoms with E-state index in [0.29, 0.717) is 22.0 Å². The Balaban J connectivity index is 1.88. The van der Waals surface area contributed by atoms with E-state index in [0.717, 1.165) is 12.3 Å². The molecule has 0 aliphatic carbocycles. The molecule has 0 fully saturated rings. The molecule has 0 spiro atoms. The molecule has 188 valence electrons. The zero-order valence-electron chi connectivity index (χ0n) is 20.0. The van der Waals surface area contributed by atoms with Gasteiger partial charge < -0.3 is 19.8 Å². The molecule has 1 atom stereocenters. The number of hydrogen-bond donors (Lipinski definition) is 2. The third-order valence-electron chi connectivity index (χ3n) is 5.85. The molecule has 0 bridgehead atoms. The zero-order chi connectivity index (χ0) is 26.2. The number of ether oxygens (including phenoxy) is 2. The Hall–Kier alpha value is -3.92. The average Bonchev–Trinajstić information content (AvgIpc) is 3.24. The maximum absolute atomic E-state index is 14.1. The van der Waals surface area contributed by atoms with Gasteiger partial charge in [-0.25, -0.2) is 17.2 Å². The van der Waals surface area contributed by atoms with Crippen molar-refractivity contribution in [3.63, 3.8) is 0 Å². The number of halogens is 2. The van der Waals surface area contributed by atoms with Crippen LogP contribution in [0.15, 0.2) is 59.6 Å². The molecular formula is C26H24F2N2O5S. The summed E-state index contributed by atoms with van der Waals surface area (Å²) in [6.45, 7) is 1.59. The molecule has 1 aromatic heterocycles. The van der Waals surface area contributed by atoms with Crippen molar-refractivity contribution in [2.24, 2.45) is 0 Å². The Morgan fingerprint density at radius 1 is 1.03 bits per heavy atom. The van der Waals surface area contributed by atoms with Gasteiger partial charge in [-0.1, -0.05) is 0 Å². The number of sulfone groups is 1. The Kier molecular flexibility index (Phi) is 6.73. The van der Waals surface area contributed by atoms with Crippen molar-refractivity contribution < 1.29 is 31.5 Å². The number of fused-ring (bicyclic) bond motifs is 1. The molecule has 10 heteroatoms. The minimum absolute atomic E-state index is 0.0141. The maximum atomic E-state index is 14.1. The molecule has 0 aliphatic rings. The summed E-state index contributed by atoms with van der Waals surface area (Å²) in [7, 11) is -0.852. The van der Waals surface area contributed by atoms with Crippen molar-refractivity contribution in [1.82, 2.24) is 4.98 Å². The number of ketones is 1. The second-order valence-corrected chi connectivity index (χ2v) is 10.4. The fourth-order valence-electron chi connectivity index (χ4n) is 3.97. The minimum Gasteiger partial charge on any atom is -0.497 e. The van der Waals surface area contributed by atoms with Crippen molar-refractivity contribution >= 4 is 32.2 Å². The van der Waals surface area contributed by atoms with E-state index in [1.165, 1.54) is 50.7 Å². The molecule has 4 aromatic rings. The molecule has 0 saturated carbocycles. The molecule has 36 heavy (non-hydrogen) atoms. The first-order valence-corrected chi connectivity index (χ1v) is 12.7. The van der Waals surface area contributed by atoms with Crippen LogP contribution in [0.5, 0.6) is 11.5 Å². The van der Waals surface area contributed by atoms with Gasteiger partial charge in [-0.15, -0.1) is 0 Å². The smallest absolute Gasteiger partial charge is 0.191 e. The first-order chi connectivity index (χ1) is 17.0. The molecule has 1 heterocycles. The summed E-state index contributed by atoms with van der Waals surface area (Å²) in [5.74, 6) is -1.02. The van der Waals surface area contributed by atoms with Gasteiger partial charge in [0, 0.05) is 52.3 Å². The van der Waals surface area contributed by atoms with Crippen molar-refractivity contribution in [1.29, 1.82) is 0 Å². The summed E-state index contributed by atoms with van der Waals surface area (Å²) in [4.78, 5) is 16.8. The van der Waals surface area contributed by atoms with Crippen LogP contribution in [0, 0.1) is 18.6 Å². The van der Waals surface area contributed by atoms with Crippen LogP contribution < -0.4 is 14.8 Å². The number of rotatable bonds is 8. The normalized spacial score (nSPS) is 12.4. The van der Waals surface area contributed by atoms with Crippen LogP contribution in [0.1, 0.15) is 27.5 Å². The number of H-pyrrole nitrogens is 1. The lowest BCUT2D eigenvalue weighted by Gasteiger charge is -2.22. The minimum atomic E-state index is -3.60. The van der Waals surface area contributed by atoms with E-state index in [1.807, 2.05) is 0 Å². The van der Waals surface area contributed by atoms with Crippen LogP contribution in [0.25, 0.3) is 10.9 Å². The van der Waals surface area contributed by atoms with Crippen LogP contribution in [-0.4, -0.2) is 39.7 Å². The first kappa shape index (κ1) is 25.2. The largest absolute Gasteiger partial charge is 0.497 e. The Bertz CT molecular complexity index is 1580. The number of methoxy groups -OCH3 is 2. The number of hydrogen-bond acceptors (Lipinski definition) is 6. The van der Waals surface area contributed by atoms with Gasteiger partial charge in [-0.3, -0.25) is 4.79 Å². The summed E-state index contributed by atoms with van der Waals surface area (Å²) in [5, 5.41) is 3.58. The second-order valence-electron chi connectivity index (χ2n) is 8.35. The van der Waals surface area contributed by atoms with E-state index in [2.05, 4.69) is 10.3 Å². The summed E-state index contributed by atoms with van der Waals surface area (Å²) in [6, 6.07) is 9.81. The third kappa shape index (κ3) is 4.90. The second kappa shape index (κ2) is 9.62. The van der Waals surface area contributed by atoms with Gasteiger partial charge in [0.15, 0.2) is 15.6 Å². The molecule has 0 saturated heterocycles. The summed E-state index contributed by atoms with van der Waals surface area (Å²) in [6.07, 6.45) is 2.54. The highest BCUT2D eigenvalue weighted by atomic mass is 32.2. The third-order valence-corrected chi connectivity index (χ3v) is 6.94. The maximum Gasteiger partial charge on any atom is 0.191 e. The molecule has 0 radical (unpaired) electrons. The van der Waals surface area contributed by atoms with Gasteiger partial charge in [0.05, 0.1) is 19.1 Å². The fourth-order valence-corrected chi connectivity index (χ4v) is 4.64. The number of nitrogens with one attached hydrogen (secondary N) is 2. The van der Waals surface area contributed by atoms with E-state index < -0.39 is 33.3 Å². The van der Waals surface area contributed by atoms with Crippen LogP contribution in [0.3, 0.4) is 0 Å². The molecule has 1 unspecified atom stereocenters. The predicted molar refractivity (Wildman–Crippen MR) is 133 cm³/mol. The van der Waals surface area contributed by atoms with E-state index in [-0.39, 0.29) is 27.6 Å². The van der Waals surface area contributed by atoms with Crippen molar-refractivity contribution in [3.05, 3.63) is 83.1 Å². The van der Waals surface area contributed by atoms with Crippen molar-refractivity contribution in [2.75, 3.05) is 25.8 Å². The Morgan fingerprint density at radius 2 is 1.78 bits per heavy atom. The van der Waals surface area contributed by atoms with Crippen LogP contribution in [0.2, 0.25) is 0 Å². The first-order valence-electron chi connectivity index (χ1n) is 10.8. The molecular weight excluding hydrogens is 490 g/mol. The zero-order valence-corrected chi connectivity index (χ0v) is 20.8. The Labute approximate surface area is 207 Å². The lowest BCUT2D eigenvalue weighted by Crippen LogP contribution is -2.22. The van der Waals surface area contributed by atoms with Gasteiger partial charge in [-0.2, -0.15) is 0 Å². The number of Topliss-reactive ketones (excluding diaryl/α,β-unsaturated/α-hetero) is 1. The standard InChI is InChI=1S/C26H24F2N2O5S/c1-14-7-20-21(13-29-23(20)12-22(14)28)26(31)25(19-6-5-15(27)8-24(19)35-3)30-16-9-17(34-2)11-18(10-16)36(4,32)33/h5-13,25,29-30H,1-4H3. The highest BCUT2D eigenvalue weighted by Crippen LogP contribution is 2.35. The number of benzene rings is 3. The fraction of sp³-hybridized carbons (Fsp3) is 0.192. The number of aromatic nitrogens is 1. The number of carbonyl (C=O) groups excluding carboxylic acids is 1. The highest BCUT2D eigenvalue weighted by molar-refractivity contribution is 7.90. The van der Waals surface area contributed by atoms with Crippen LogP contribution in [-0.2, 0) is 9.84 Å². The number of aryl methyl sites for hydroxylation is 1. The quantitative estimate of drug-likeness (QED) is 0.313. The number of aromatic amines is 1. The van der Waals surface area contributed by atoms with E-state index >= 15 is 0 Å². The van der Waals surface area contributed by atoms with Gasteiger partial charge in [0.25, 0.3) is 0 Å². The predicted octanol–water partition coefficient (Wildman–Crippen LogP) is 5.21. The average molecular weight is 515 g/mol. The topological polar surface area (TPSA) is 97.5 Å². The van der Waals surface area contributed by atoms with Gasteiger partial charge >= 0.3 is 0 Å². The van der Waals surface area contributed by atoms with E-state index in [4.69, 9.17) is 9.47 Å². The highest BCUT2D eigenvalue weighted by Gasteiger charge is 2.28. The van der Waals surface area contributed by atoms with Gasteiger partial charge in [0.2, 0.25) is 0 Å². The molecule has 0 aliphatic heterocycles. The van der Waals surface area contributed by atoms with E-state index in [9.17, 15) is 22.0 Å². The molecule has 7 nitrogen and oxygen atoms in total. The van der Waals surface area contributed by atoms with Crippen LogP contribution in [0.4, 0.5) is 14.5 Å². The summed E-state index contributed by atoms with van der Waals surface area (Å²) < 4.78 is 63.1. The van der Waals surface area contributed by atoms with Gasteiger partial charge in [0.1, 0.15) is 29.2 Å². The Morgan fingerprint density at radius 3 is 2.44 bits per heavy atom. The summed E-state index contributed by atoms with van der Waals surface area (Å²) >= 11 is 0. The molecule has 0 amide bonds. The number of carbonyl (C=O) groups is 1. The molecule has 4 rings (SSSR count). The van der Waals surface area contributed by atoms with Crippen molar-refractivity contribution in [2.45, 2.75) is 17.9 Å². The lowest BCUT2D eigenvalue weighted by atomic mass is 9.95. The molecule has 3 aromatic carbocycles. The molecule has 2 N–H and O–H groups in total. The number of anilines is 1. The summed E-state index contributed by atoms with van der Waals surface area (Å²) in [5.41, 5.74) is 1.67. The lowest BCUT2D eigenvalue weighted by molar-refractivity contribution is 0.0970. The monoisotopic (exact) mass is 514 g/mol. The van der Waals surface area contributed by atoms with E-state index in [1.54, 1.807) is 19.1 Å².